The number of hydrogen-bond acceptors (Lipinski definition) is 4. The number of carboxylic acids is 1. The minimum Gasteiger partial charge on any atom is -0.481 e. The SMILES string of the molecule is O=C(O)Cc1cccc(Nc2nc3c(Cl)ccc(F)c3o2)c1. The van der Waals surface area contributed by atoms with Gasteiger partial charge in [-0.2, -0.15) is 4.98 Å². The number of carboxylic acid groups (broad SMARTS) is 1. The molecule has 3 rings (SSSR count). The van der Waals surface area contributed by atoms with Gasteiger partial charge in [-0.15, -0.1) is 0 Å². The van der Waals surface area contributed by atoms with Gasteiger partial charge in [0.05, 0.1) is 11.4 Å². The van der Waals surface area contributed by atoms with Crippen molar-refractivity contribution in [2.24, 2.45) is 0 Å². The van der Waals surface area contributed by atoms with Crippen LogP contribution in [0.15, 0.2) is 40.8 Å². The molecule has 0 spiro atoms. The Hall–Kier alpha value is -2.60. The van der Waals surface area contributed by atoms with Crippen molar-refractivity contribution in [1.29, 1.82) is 0 Å². The van der Waals surface area contributed by atoms with E-state index in [0.29, 0.717) is 11.3 Å². The highest BCUT2D eigenvalue weighted by atomic mass is 35.5. The molecule has 0 saturated heterocycles. The summed E-state index contributed by atoms with van der Waals surface area (Å²) < 4.78 is 18.9. The maximum atomic E-state index is 13.6. The predicted molar refractivity (Wildman–Crippen MR) is 80.0 cm³/mol. The van der Waals surface area contributed by atoms with Gasteiger partial charge in [0.1, 0.15) is 5.52 Å². The fourth-order valence-corrected chi connectivity index (χ4v) is 2.25. The van der Waals surface area contributed by atoms with Gasteiger partial charge in [-0.05, 0) is 29.8 Å². The van der Waals surface area contributed by atoms with E-state index in [1.807, 2.05) is 0 Å². The molecule has 1 aromatic heterocycles. The zero-order valence-corrected chi connectivity index (χ0v) is 11.9. The van der Waals surface area contributed by atoms with Crippen molar-refractivity contribution in [2.75, 3.05) is 5.32 Å². The van der Waals surface area contributed by atoms with Crippen molar-refractivity contribution in [2.45, 2.75) is 6.42 Å². The summed E-state index contributed by atoms with van der Waals surface area (Å²) in [7, 11) is 0. The minimum atomic E-state index is -0.923. The molecule has 112 valence electrons. The first kappa shape index (κ1) is 14.3. The zero-order chi connectivity index (χ0) is 15.7. The average Bonchev–Trinajstić information content (AvgIpc) is 2.88. The van der Waals surface area contributed by atoms with Gasteiger partial charge >= 0.3 is 5.97 Å². The van der Waals surface area contributed by atoms with Crippen molar-refractivity contribution in [3.63, 3.8) is 0 Å². The number of halogens is 2. The summed E-state index contributed by atoms with van der Waals surface area (Å²) >= 11 is 5.95. The molecular weight excluding hydrogens is 311 g/mol. The fourth-order valence-electron chi connectivity index (χ4n) is 2.06. The summed E-state index contributed by atoms with van der Waals surface area (Å²) in [6.45, 7) is 0. The van der Waals surface area contributed by atoms with E-state index in [1.54, 1.807) is 24.3 Å². The lowest BCUT2D eigenvalue weighted by Crippen LogP contribution is -2.00. The first-order valence-corrected chi connectivity index (χ1v) is 6.73. The van der Waals surface area contributed by atoms with E-state index in [1.165, 1.54) is 12.1 Å². The number of aromatic nitrogens is 1. The maximum absolute atomic E-state index is 13.6. The Kier molecular flexibility index (Phi) is 3.68. The van der Waals surface area contributed by atoms with E-state index < -0.39 is 11.8 Å². The number of carbonyl (C=O) groups is 1. The van der Waals surface area contributed by atoms with Crippen LogP contribution in [0.25, 0.3) is 11.1 Å². The van der Waals surface area contributed by atoms with Crippen LogP contribution >= 0.6 is 11.6 Å². The predicted octanol–water partition coefficient (Wildman–Crippen LogP) is 3.99. The highest BCUT2D eigenvalue weighted by molar-refractivity contribution is 6.34. The molecular formula is C15H10ClFN2O3. The van der Waals surface area contributed by atoms with Gasteiger partial charge in [0.25, 0.3) is 6.01 Å². The highest BCUT2D eigenvalue weighted by Gasteiger charge is 2.13. The van der Waals surface area contributed by atoms with Crippen LogP contribution in [0.3, 0.4) is 0 Å². The molecule has 0 radical (unpaired) electrons. The summed E-state index contributed by atoms with van der Waals surface area (Å²) in [4.78, 5) is 14.8. The van der Waals surface area contributed by atoms with Crippen LogP contribution in [0.2, 0.25) is 5.02 Å². The minimum absolute atomic E-state index is 0.0308. The largest absolute Gasteiger partial charge is 0.481 e. The first-order valence-electron chi connectivity index (χ1n) is 6.35. The molecule has 0 fully saturated rings. The number of nitrogens with zero attached hydrogens (tertiary/aromatic N) is 1. The number of nitrogens with one attached hydrogen (secondary N) is 1. The van der Waals surface area contributed by atoms with E-state index in [-0.39, 0.29) is 28.6 Å². The molecule has 7 heteroatoms. The van der Waals surface area contributed by atoms with Gasteiger partial charge in [-0.25, -0.2) is 4.39 Å². The molecule has 2 aromatic carbocycles. The van der Waals surface area contributed by atoms with Crippen LogP contribution in [0.1, 0.15) is 5.56 Å². The van der Waals surface area contributed by atoms with Crippen molar-refractivity contribution in [1.82, 2.24) is 4.98 Å². The number of anilines is 2. The van der Waals surface area contributed by atoms with Crippen LogP contribution in [0.4, 0.5) is 16.1 Å². The summed E-state index contributed by atoms with van der Waals surface area (Å²) in [6.07, 6.45) is -0.0937. The first-order chi connectivity index (χ1) is 10.5. The second kappa shape index (κ2) is 5.65. The molecule has 22 heavy (non-hydrogen) atoms. The second-order valence-corrected chi connectivity index (χ2v) is 5.03. The van der Waals surface area contributed by atoms with Crippen molar-refractivity contribution < 1.29 is 18.7 Å². The van der Waals surface area contributed by atoms with Gasteiger partial charge in [-0.3, -0.25) is 4.79 Å². The normalized spacial score (nSPS) is 10.8. The molecule has 0 unspecified atom stereocenters. The Balaban J connectivity index is 1.92. The van der Waals surface area contributed by atoms with E-state index in [4.69, 9.17) is 21.1 Å². The molecule has 0 aliphatic rings. The molecule has 0 atom stereocenters. The van der Waals surface area contributed by atoms with Crippen LogP contribution in [0.5, 0.6) is 0 Å². The Bertz CT molecular complexity index is 824. The van der Waals surface area contributed by atoms with E-state index in [0.717, 1.165) is 0 Å². The standard InChI is InChI=1S/C15H10ClFN2O3/c16-10-4-5-11(17)14-13(10)19-15(22-14)18-9-3-1-2-8(6-9)7-12(20)21/h1-6H,7H2,(H,18,19)(H,20,21). The van der Waals surface area contributed by atoms with Crippen molar-refractivity contribution in [3.8, 4) is 0 Å². The smallest absolute Gasteiger partial charge is 0.307 e. The number of aliphatic carboxylic acids is 1. The van der Waals surface area contributed by atoms with Crippen LogP contribution in [-0.2, 0) is 11.2 Å². The Morgan fingerprint density at radius 1 is 1.36 bits per heavy atom. The second-order valence-electron chi connectivity index (χ2n) is 4.62. The van der Waals surface area contributed by atoms with Gasteiger partial charge in [-0.1, -0.05) is 23.7 Å². The van der Waals surface area contributed by atoms with Crippen molar-refractivity contribution in [3.05, 3.63) is 52.8 Å². The molecule has 3 aromatic rings. The quantitative estimate of drug-likeness (QED) is 0.760. The van der Waals surface area contributed by atoms with Gasteiger partial charge in [0, 0.05) is 5.69 Å². The lowest BCUT2D eigenvalue weighted by Gasteiger charge is -2.03. The number of benzene rings is 2. The summed E-state index contributed by atoms with van der Waals surface area (Å²) in [5, 5.41) is 11.9. The molecule has 0 aliphatic carbocycles. The summed E-state index contributed by atoms with van der Waals surface area (Å²) in [6, 6.07) is 9.46. The Morgan fingerprint density at radius 3 is 2.91 bits per heavy atom. The third-order valence-electron chi connectivity index (χ3n) is 2.98. The molecule has 0 amide bonds. The van der Waals surface area contributed by atoms with E-state index >= 15 is 0 Å². The Labute approximate surface area is 129 Å². The third-order valence-corrected chi connectivity index (χ3v) is 3.28. The number of rotatable bonds is 4. The monoisotopic (exact) mass is 320 g/mol. The Morgan fingerprint density at radius 2 is 2.18 bits per heavy atom. The van der Waals surface area contributed by atoms with E-state index in [2.05, 4.69) is 10.3 Å². The third kappa shape index (κ3) is 2.87. The number of fused-ring (bicyclic) bond motifs is 1. The van der Waals surface area contributed by atoms with Gasteiger partial charge in [0.15, 0.2) is 11.4 Å². The summed E-state index contributed by atoms with van der Waals surface area (Å²) in [5.74, 6) is -1.48. The zero-order valence-electron chi connectivity index (χ0n) is 11.1. The van der Waals surface area contributed by atoms with Gasteiger partial charge < -0.3 is 14.8 Å². The molecule has 0 aliphatic heterocycles. The molecule has 1 heterocycles. The van der Waals surface area contributed by atoms with Gasteiger partial charge in [0.2, 0.25) is 0 Å². The molecule has 0 bridgehead atoms. The molecule has 2 N–H and O–H groups in total. The van der Waals surface area contributed by atoms with Crippen molar-refractivity contribution >= 4 is 40.4 Å². The fraction of sp³-hybridized carbons (Fsp3) is 0.0667. The maximum Gasteiger partial charge on any atom is 0.307 e. The lowest BCUT2D eigenvalue weighted by molar-refractivity contribution is -0.136. The van der Waals surface area contributed by atoms with Crippen LogP contribution in [0, 0.1) is 5.82 Å². The lowest BCUT2D eigenvalue weighted by atomic mass is 10.1. The summed E-state index contributed by atoms with van der Waals surface area (Å²) in [5.41, 5.74) is 1.40. The molecule has 5 nitrogen and oxygen atoms in total. The van der Waals surface area contributed by atoms with Crippen LogP contribution < -0.4 is 5.32 Å². The average molecular weight is 321 g/mol. The molecule has 0 saturated carbocycles. The topological polar surface area (TPSA) is 75.4 Å². The van der Waals surface area contributed by atoms with E-state index in [9.17, 15) is 9.18 Å². The number of oxazole rings is 1. The van der Waals surface area contributed by atoms with Crippen LogP contribution in [-0.4, -0.2) is 16.1 Å². The number of hydrogen-bond donors (Lipinski definition) is 2. The highest BCUT2D eigenvalue weighted by Crippen LogP contribution is 2.29.